The van der Waals surface area contributed by atoms with Gasteiger partial charge >= 0.3 is 0 Å². The van der Waals surface area contributed by atoms with E-state index < -0.39 is 0 Å². The number of rotatable bonds is 8. The number of hydrogen-bond acceptors (Lipinski definition) is 2. The van der Waals surface area contributed by atoms with Gasteiger partial charge in [0.05, 0.1) is 0 Å². The predicted molar refractivity (Wildman–Crippen MR) is 95.0 cm³/mol. The minimum Gasteiger partial charge on any atom is -0.287 e. The Labute approximate surface area is 138 Å². The number of carbonyl (C=O) groups is 1. The molecule has 0 saturated carbocycles. The lowest BCUT2D eigenvalue weighted by Gasteiger charge is -2.23. The SMILES string of the molecule is C=C[C@H](C)[C@H](CCc1ccccc1)NNC(=O)c1ccccc1. The van der Waals surface area contributed by atoms with Gasteiger partial charge in [-0.3, -0.25) is 10.2 Å². The molecule has 0 unspecified atom stereocenters. The average molecular weight is 308 g/mol. The van der Waals surface area contributed by atoms with E-state index in [1.165, 1.54) is 5.56 Å². The molecular weight excluding hydrogens is 284 g/mol. The summed E-state index contributed by atoms with van der Waals surface area (Å²) < 4.78 is 0. The van der Waals surface area contributed by atoms with E-state index in [1.807, 2.05) is 42.5 Å². The van der Waals surface area contributed by atoms with Crippen molar-refractivity contribution in [3.63, 3.8) is 0 Å². The van der Waals surface area contributed by atoms with Gasteiger partial charge in [-0.1, -0.05) is 61.5 Å². The van der Waals surface area contributed by atoms with Gasteiger partial charge in [0.15, 0.2) is 0 Å². The number of amides is 1. The van der Waals surface area contributed by atoms with Crippen molar-refractivity contribution < 1.29 is 4.79 Å². The van der Waals surface area contributed by atoms with E-state index in [9.17, 15) is 4.79 Å². The first-order valence-corrected chi connectivity index (χ1v) is 7.98. The van der Waals surface area contributed by atoms with Crippen molar-refractivity contribution in [2.45, 2.75) is 25.8 Å². The topological polar surface area (TPSA) is 41.1 Å². The number of hydrogen-bond donors (Lipinski definition) is 2. The maximum atomic E-state index is 12.1. The molecule has 120 valence electrons. The molecule has 0 bridgehead atoms. The summed E-state index contributed by atoms with van der Waals surface area (Å²) in [4.78, 5) is 12.1. The molecule has 0 heterocycles. The van der Waals surface area contributed by atoms with E-state index >= 15 is 0 Å². The van der Waals surface area contributed by atoms with E-state index in [4.69, 9.17) is 0 Å². The number of carbonyl (C=O) groups excluding carboxylic acids is 1. The highest BCUT2D eigenvalue weighted by atomic mass is 16.2. The summed E-state index contributed by atoms with van der Waals surface area (Å²) in [6.07, 6.45) is 3.79. The Hall–Kier alpha value is -2.39. The van der Waals surface area contributed by atoms with Crippen molar-refractivity contribution in [1.29, 1.82) is 0 Å². The van der Waals surface area contributed by atoms with E-state index in [1.54, 1.807) is 12.1 Å². The third kappa shape index (κ3) is 5.38. The molecule has 0 radical (unpaired) electrons. The summed E-state index contributed by atoms with van der Waals surface area (Å²) >= 11 is 0. The van der Waals surface area contributed by atoms with Gasteiger partial charge in [-0.15, -0.1) is 6.58 Å². The van der Waals surface area contributed by atoms with Crippen LogP contribution in [0.2, 0.25) is 0 Å². The second kappa shape index (κ2) is 8.91. The molecule has 0 spiro atoms. The van der Waals surface area contributed by atoms with Gasteiger partial charge in [-0.2, -0.15) is 0 Å². The summed E-state index contributed by atoms with van der Waals surface area (Å²) in [5.41, 5.74) is 7.92. The third-order valence-corrected chi connectivity index (χ3v) is 4.00. The minimum absolute atomic E-state index is 0.119. The zero-order valence-corrected chi connectivity index (χ0v) is 13.5. The van der Waals surface area contributed by atoms with Crippen molar-refractivity contribution in [3.05, 3.63) is 84.4 Å². The molecule has 3 heteroatoms. The first-order valence-electron chi connectivity index (χ1n) is 7.98. The second-order valence-corrected chi connectivity index (χ2v) is 5.69. The third-order valence-electron chi connectivity index (χ3n) is 4.00. The molecule has 0 fully saturated rings. The molecule has 0 aliphatic carbocycles. The fourth-order valence-electron chi connectivity index (χ4n) is 2.42. The van der Waals surface area contributed by atoms with Crippen LogP contribution in [-0.4, -0.2) is 11.9 Å². The summed E-state index contributed by atoms with van der Waals surface area (Å²) in [7, 11) is 0. The van der Waals surface area contributed by atoms with Crippen LogP contribution in [0.25, 0.3) is 0 Å². The summed E-state index contributed by atoms with van der Waals surface area (Å²) in [6.45, 7) is 5.97. The van der Waals surface area contributed by atoms with Crippen molar-refractivity contribution >= 4 is 5.91 Å². The van der Waals surface area contributed by atoms with Gasteiger partial charge < -0.3 is 0 Å². The van der Waals surface area contributed by atoms with Crippen molar-refractivity contribution in [2.24, 2.45) is 5.92 Å². The Bertz CT molecular complexity index is 610. The first-order chi connectivity index (χ1) is 11.2. The molecule has 1 amide bonds. The normalized spacial score (nSPS) is 13.1. The van der Waals surface area contributed by atoms with Crippen LogP contribution in [0.1, 0.15) is 29.3 Å². The fraction of sp³-hybridized carbons (Fsp3) is 0.250. The molecule has 0 aromatic heterocycles. The van der Waals surface area contributed by atoms with Crippen LogP contribution in [0.4, 0.5) is 0 Å². The quantitative estimate of drug-likeness (QED) is 0.576. The van der Waals surface area contributed by atoms with Gasteiger partial charge in [0.25, 0.3) is 5.91 Å². The molecular formula is C20H24N2O. The van der Waals surface area contributed by atoms with Crippen molar-refractivity contribution in [1.82, 2.24) is 10.9 Å². The first kappa shape index (κ1) is 17.0. The summed E-state index contributed by atoms with van der Waals surface area (Å²) in [6, 6.07) is 19.7. The number of aryl methyl sites for hydroxylation is 1. The number of nitrogens with one attached hydrogen (secondary N) is 2. The highest BCUT2D eigenvalue weighted by Gasteiger charge is 2.15. The van der Waals surface area contributed by atoms with Gasteiger partial charge in [0, 0.05) is 11.6 Å². The van der Waals surface area contributed by atoms with Gasteiger partial charge in [-0.25, -0.2) is 5.43 Å². The number of hydrazine groups is 1. The Morgan fingerprint density at radius 2 is 1.70 bits per heavy atom. The highest BCUT2D eigenvalue weighted by Crippen LogP contribution is 2.12. The molecule has 2 atom stereocenters. The van der Waals surface area contributed by atoms with Crippen LogP contribution in [0, 0.1) is 5.92 Å². The molecule has 3 nitrogen and oxygen atoms in total. The molecule has 0 aliphatic heterocycles. The largest absolute Gasteiger partial charge is 0.287 e. The molecule has 0 aliphatic rings. The predicted octanol–water partition coefficient (Wildman–Crippen LogP) is 3.74. The number of benzene rings is 2. The zero-order valence-electron chi connectivity index (χ0n) is 13.5. The minimum atomic E-state index is -0.119. The Morgan fingerprint density at radius 3 is 2.30 bits per heavy atom. The Balaban J connectivity index is 1.91. The van der Waals surface area contributed by atoms with Gasteiger partial charge in [0.1, 0.15) is 0 Å². The molecule has 0 saturated heterocycles. The Kier molecular flexibility index (Phi) is 6.57. The van der Waals surface area contributed by atoms with Gasteiger partial charge in [-0.05, 0) is 36.5 Å². The van der Waals surface area contributed by atoms with Crippen molar-refractivity contribution in [2.75, 3.05) is 0 Å². The van der Waals surface area contributed by atoms with E-state index in [-0.39, 0.29) is 17.9 Å². The van der Waals surface area contributed by atoms with Crippen LogP contribution in [0.5, 0.6) is 0 Å². The van der Waals surface area contributed by atoms with Gasteiger partial charge in [0.2, 0.25) is 0 Å². The van der Waals surface area contributed by atoms with E-state index in [0.29, 0.717) is 5.56 Å². The maximum absolute atomic E-state index is 12.1. The summed E-state index contributed by atoms with van der Waals surface area (Å²) in [5, 5.41) is 0. The van der Waals surface area contributed by atoms with Crippen LogP contribution < -0.4 is 10.9 Å². The second-order valence-electron chi connectivity index (χ2n) is 5.69. The molecule has 2 aromatic rings. The molecule has 2 N–H and O–H groups in total. The lowest BCUT2D eigenvalue weighted by Crippen LogP contribution is -2.47. The van der Waals surface area contributed by atoms with Crippen LogP contribution >= 0.6 is 0 Å². The van der Waals surface area contributed by atoms with Crippen LogP contribution in [0.15, 0.2) is 73.3 Å². The lowest BCUT2D eigenvalue weighted by atomic mass is 9.96. The molecule has 2 aromatic carbocycles. The monoisotopic (exact) mass is 308 g/mol. The zero-order chi connectivity index (χ0) is 16.5. The molecule has 23 heavy (non-hydrogen) atoms. The van der Waals surface area contributed by atoms with Crippen LogP contribution in [-0.2, 0) is 6.42 Å². The van der Waals surface area contributed by atoms with E-state index in [0.717, 1.165) is 12.8 Å². The molecule has 2 rings (SSSR count). The van der Waals surface area contributed by atoms with Crippen molar-refractivity contribution in [3.8, 4) is 0 Å². The lowest BCUT2D eigenvalue weighted by molar-refractivity contribution is 0.0919. The fourth-order valence-corrected chi connectivity index (χ4v) is 2.42. The standard InChI is InChI=1S/C20H24N2O/c1-3-16(2)19(15-14-17-10-6-4-7-11-17)21-22-20(23)18-12-8-5-9-13-18/h3-13,16,19,21H,1,14-15H2,2H3,(H,22,23)/t16-,19-/m0/s1. The smallest absolute Gasteiger partial charge is 0.265 e. The van der Waals surface area contributed by atoms with Crippen LogP contribution in [0.3, 0.4) is 0 Å². The summed E-state index contributed by atoms with van der Waals surface area (Å²) in [5.74, 6) is 0.140. The highest BCUT2D eigenvalue weighted by molar-refractivity contribution is 5.93. The average Bonchev–Trinajstić information content (AvgIpc) is 2.62. The maximum Gasteiger partial charge on any atom is 0.265 e. The Morgan fingerprint density at radius 1 is 1.09 bits per heavy atom. The van der Waals surface area contributed by atoms with E-state index in [2.05, 4.69) is 36.5 Å².